The van der Waals surface area contributed by atoms with Crippen molar-refractivity contribution in [3.8, 4) is 0 Å². The van der Waals surface area contributed by atoms with Gasteiger partial charge in [-0.3, -0.25) is 15.2 Å². The Balaban J connectivity index is 1.24. The minimum absolute atomic E-state index is 0.0607. The zero-order valence-electron chi connectivity index (χ0n) is 22.5. The van der Waals surface area contributed by atoms with Gasteiger partial charge in [0.1, 0.15) is 59.5 Å². The predicted octanol–water partition coefficient (Wildman–Crippen LogP) is -3.40. The molecule has 0 radical (unpaired) electrons. The van der Waals surface area contributed by atoms with Crippen molar-refractivity contribution in [2.75, 3.05) is 20.3 Å². The number of nitrogens with zero attached hydrogens (tertiary/aromatic N) is 3. The summed E-state index contributed by atoms with van der Waals surface area (Å²) in [6, 6.07) is 0. The summed E-state index contributed by atoms with van der Waals surface area (Å²) in [7, 11) is 1.32. The van der Waals surface area contributed by atoms with Crippen LogP contribution in [-0.4, -0.2) is 138 Å². The SMILES string of the molecule is CO[C@H]1O[C@H](CN2C=C(c3nc(C)c(C(=O)c4cnc(C[C@H]5O[C@H](CO)[C@@H](O)[C@H](O)[C@@H]5O)s4)s3)NN2)[C@@H](O)[C@H](O)[C@@H]1O. The number of rotatable bonds is 9. The Morgan fingerprint density at radius 3 is 2.40 bits per heavy atom. The van der Waals surface area contributed by atoms with E-state index in [9.17, 15) is 40.5 Å². The molecule has 0 saturated carbocycles. The van der Waals surface area contributed by atoms with Crippen LogP contribution in [0.2, 0.25) is 0 Å². The van der Waals surface area contributed by atoms with E-state index in [2.05, 4.69) is 20.9 Å². The van der Waals surface area contributed by atoms with Crippen LogP contribution in [0.15, 0.2) is 12.4 Å². The van der Waals surface area contributed by atoms with Gasteiger partial charge in [0.2, 0.25) is 5.78 Å². The molecule has 5 heterocycles. The molecule has 3 aliphatic heterocycles. The number of ether oxygens (including phenoxy) is 3. The van der Waals surface area contributed by atoms with Crippen LogP contribution >= 0.6 is 22.7 Å². The number of aliphatic hydroxyl groups excluding tert-OH is 7. The molecular weight excluding hydrogens is 598 g/mol. The van der Waals surface area contributed by atoms with Crippen molar-refractivity contribution < 1.29 is 54.8 Å². The van der Waals surface area contributed by atoms with Crippen molar-refractivity contribution in [2.24, 2.45) is 0 Å². The average Bonchev–Trinajstić information content (AvgIpc) is 3.73. The predicted molar refractivity (Wildman–Crippen MR) is 145 cm³/mol. The molecule has 3 aliphatic rings. The van der Waals surface area contributed by atoms with Gasteiger partial charge in [0.15, 0.2) is 6.29 Å². The maximum Gasteiger partial charge on any atom is 0.216 e. The number of thiazole rings is 2. The third kappa shape index (κ3) is 6.09. The van der Waals surface area contributed by atoms with E-state index in [-0.39, 0.29) is 18.7 Å². The number of methoxy groups -OCH3 is 1. The number of carbonyl (C=O) groups excluding carboxylic acids is 1. The standard InChI is InChI=1S/C24H33N5O11S2/c1-8-22(18(34)13-4-25-14(41-13)3-10-15(31)19(35)17(33)12(7-30)39-10)42-23(26-8)9-5-29(28-27-9)6-11-16(32)20(36)21(37)24(38-2)40-11/h4-5,10-12,15-17,19-21,24,27-28,30-33,35-37H,3,6-7H2,1-2H3/t10-,11-,12-,15-,16-,17-,19-,20+,21+,24+/m1/s1. The molecule has 42 heavy (non-hydrogen) atoms. The fraction of sp³-hybridized carbons (Fsp3) is 0.625. The minimum Gasteiger partial charge on any atom is -0.394 e. The van der Waals surface area contributed by atoms with E-state index in [1.54, 1.807) is 18.1 Å². The van der Waals surface area contributed by atoms with Crippen LogP contribution < -0.4 is 11.0 Å². The second kappa shape index (κ2) is 12.8. The van der Waals surface area contributed by atoms with Crippen LogP contribution in [0.3, 0.4) is 0 Å². The molecule has 0 bridgehead atoms. The van der Waals surface area contributed by atoms with Gasteiger partial charge in [-0.1, -0.05) is 0 Å². The molecule has 0 spiro atoms. The Kier molecular flexibility index (Phi) is 9.54. The average molecular weight is 632 g/mol. The van der Waals surface area contributed by atoms with Crippen LogP contribution in [-0.2, 0) is 20.6 Å². The number of carbonyl (C=O) groups is 1. The largest absolute Gasteiger partial charge is 0.394 e. The van der Waals surface area contributed by atoms with Crippen molar-refractivity contribution in [3.63, 3.8) is 0 Å². The molecule has 16 nitrogen and oxygen atoms in total. The highest BCUT2D eigenvalue weighted by molar-refractivity contribution is 7.17. The lowest BCUT2D eigenvalue weighted by molar-refractivity contribution is -0.291. The van der Waals surface area contributed by atoms with Gasteiger partial charge in [-0.05, 0) is 6.92 Å². The normalized spacial score (nSPS) is 35.3. The first kappa shape index (κ1) is 31.3. The monoisotopic (exact) mass is 631 g/mol. The van der Waals surface area contributed by atoms with E-state index in [0.29, 0.717) is 31.2 Å². The van der Waals surface area contributed by atoms with Crippen LogP contribution in [0.4, 0.5) is 0 Å². The molecule has 0 amide bonds. The summed E-state index contributed by atoms with van der Waals surface area (Å²) >= 11 is 2.25. The van der Waals surface area contributed by atoms with Gasteiger partial charge in [-0.15, -0.1) is 28.2 Å². The zero-order chi connectivity index (χ0) is 30.3. The van der Waals surface area contributed by atoms with Gasteiger partial charge in [-0.25, -0.2) is 9.97 Å². The molecule has 2 aromatic rings. The van der Waals surface area contributed by atoms with Crippen molar-refractivity contribution >= 4 is 34.2 Å². The van der Waals surface area contributed by atoms with E-state index in [0.717, 1.165) is 22.7 Å². The maximum absolute atomic E-state index is 13.3. The van der Waals surface area contributed by atoms with Crippen LogP contribution in [0.5, 0.6) is 0 Å². The number of aliphatic hydroxyl groups is 7. The topological polar surface area (TPSA) is 239 Å². The molecule has 5 rings (SSSR count). The molecule has 0 aromatic carbocycles. The van der Waals surface area contributed by atoms with Crippen LogP contribution in [0, 0.1) is 6.92 Å². The molecule has 2 saturated heterocycles. The highest BCUT2D eigenvalue weighted by Crippen LogP contribution is 2.30. The number of ketones is 1. The first-order valence-corrected chi connectivity index (χ1v) is 14.7. The maximum atomic E-state index is 13.3. The second-order valence-corrected chi connectivity index (χ2v) is 12.2. The Morgan fingerprint density at radius 1 is 1.00 bits per heavy atom. The number of hydrogen-bond acceptors (Lipinski definition) is 18. The van der Waals surface area contributed by atoms with Gasteiger partial charge >= 0.3 is 0 Å². The van der Waals surface area contributed by atoms with Gasteiger partial charge in [0.25, 0.3) is 0 Å². The molecule has 9 N–H and O–H groups in total. The van der Waals surface area contributed by atoms with Crippen LogP contribution in [0.25, 0.3) is 5.70 Å². The highest BCUT2D eigenvalue weighted by atomic mass is 32.1. The van der Waals surface area contributed by atoms with Crippen molar-refractivity contribution in [2.45, 2.75) is 74.6 Å². The number of nitrogens with one attached hydrogen (secondary N) is 2. The lowest BCUT2D eigenvalue weighted by atomic mass is 9.94. The van der Waals surface area contributed by atoms with E-state index < -0.39 is 67.8 Å². The Labute approximate surface area is 247 Å². The summed E-state index contributed by atoms with van der Waals surface area (Å²) in [5.41, 5.74) is 6.88. The van der Waals surface area contributed by atoms with E-state index in [1.165, 1.54) is 13.3 Å². The first-order chi connectivity index (χ1) is 20.0. The Morgan fingerprint density at radius 2 is 1.69 bits per heavy atom. The number of aryl methyl sites for hydroxylation is 1. The van der Waals surface area contributed by atoms with Crippen molar-refractivity contribution in [1.82, 2.24) is 25.9 Å². The number of hydrazine groups is 2. The van der Waals surface area contributed by atoms with Gasteiger partial charge in [-0.2, -0.15) is 0 Å². The third-order valence-electron chi connectivity index (χ3n) is 7.27. The molecular formula is C24H33N5O11S2. The van der Waals surface area contributed by atoms with E-state index in [1.807, 2.05) is 0 Å². The number of hydrogen-bond donors (Lipinski definition) is 9. The molecule has 2 fully saturated rings. The summed E-state index contributed by atoms with van der Waals surface area (Å²) in [5, 5.41) is 72.7. The third-order valence-corrected chi connectivity index (χ3v) is 9.48. The smallest absolute Gasteiger partial charge is 0.216 e. The molecule has 232 valence electrons. The summed E-state index contributed by atoms with van der Waals surface area (Å²) in [4.78, 5) is 22.8. The van der Waals surface area contributed by atoms with E-state index in [4.69, 9.17) is 14.2 Å². The second-order valence-electron chi connectivity index (χ2n) is 10.1. The molecule has 18 heteroatoms. The molecule has 0 unspecified atom stereocenters. The van der Waals surface area contributed by atoms with Crippen molar-refractivity contribution in [3.05, 3.63) is 37.9 Å². The van der Waals surface area contributed by atoms with E-state index >= 15 is 0 Å². The lowest BCUT2D eigenvalue weighted by Crippen LogP contribution is -2.60. The van der Waals surface area contributed by atoms with Gasteiger partial charge in [0.05, 0.1) is 39.7 Å². The Hall–Kier alpha value is -2.17. The molecule has 10 atom stereocenters. The molecule has 0 aliphatic carbocycles. The van der Waals surface area contributed by atoms with Gasteiger partial charge < -0.3 is 50.0 Å². The number of aromatic nitrogens is 2. The first-order valence-electron chi connectivity index (χ1n) is 13.0. The fourth-order valence-electron chi connectivity index (χ4n) is 4.88. The zero-order valence-corrected chi connectivity index (χ0v) is 24.1. The fourth-order valence-corrected chi connectivity index (χ4v) is 6.84. The summed E-state index contributed by atoms with van der Waals surface area (Å²) in [5.74, 6) is -0.297. The summed E-state index contributed by atoms with van der Waals surface area (Å²) < 4.78 is 16.2. The summed E-state index contributed by atoms with van der Waals surface area (Å²) in [6.45, 7) is 1.25. The minimum atomic E-state index is -1.49. The lowest BCUT2D eigenvalue weighted by Gasteiger charge is -2.40. The van der Waals surface area contributed by atoms with Crippen LogP contribution in [0.1, 0.15) is 30.3 Å². The highest BCUT2D eigenvalue weighted by Gasteiger charge is 2.45. The summed E-state index contributed by atoms with van der Waals surface area (Å²) in [6.07, 6.45) is -9.38. The van der Waals surface area contributed by atoms with Crippen molar-refractivity contribution in [1.29, 1.82) is 0 Å². The Bertz CT molecular complexity index is 1290. The molecule has 2 aromatic heterocycles. The quantitative estimate of drug-likeness (QED) is 0.123. The van der Waals surface area contributed by atoms with Gasteiger partial charge in [0, 0.05) is 25.9 Å².